The van der Waals surface area contributed by atoms with Crippen molar-refractivity contribution in [2.75, 3.05) is 19.3 Å². The topological polar surface area (TPSA) is 62.3 Å². The van der Waals surface area contributed by atoms with E-state index in [-0.39, 0.29) is 6.04 Å². The van der Waals surface area contributed by atoms with Gasteiger partial charge in [-0.25, -0.2) is 18.1 Å². The predicted molar refractivity (Wildman–Crippen MR) is 103 cm³/mol. The molecule has 7 heteroatoms. The van der Waals surface area contributed by atoms with Crippen LogP contribution >= 0.6 is 11.3 Å². The molecular weight excluding hydrogens is 354 g/mol. The van der Waals surface area contributed by atoms with E-state index in [2.05, 4.69) is 46.2 Å². The van der Waals surface area contributed by atoms with Crippen molar-refractivity contribution in [2.24, 2.45) is 0 Å². The number of piperidine rings is 1. The maximum absolute atomic E-state index is 11.4. The van der Waals surface area contributed by atoms with E-state index in [1.165, 1.54) is 11.8 Å². The van der Waals surface area contributed by atoms with Crippen LogP contribution < -0.4 is 4.72 Å². The average Bonchev–Trinajstić information content (AvgIpc) is 3.02. The Bertz CT molecular complexity index is 800. The van der Waals surface area contributed by atoms with E-state index in [9.17, 15) is 8.42 Å². The molecule has 136 valence electrons. The third-order valence-electron chi connectivity index (χ3n) is 4.55. The van der Waals surface area contributed by atoms with Crippen molar-refractivity contribution < 1.29 is 8.42 Å². The highest BCUT2D eigenvalue weighted by molar-refractivity contribution is 7.88. The van der Waals surface area contributed by atoms with Crippen LogP contribution in [0.1, 0.15) is 30.5 Å². The van der Waals surface area contributed by atoms with Crippen LogP contribution in [0.15, 0.2) is 29.6 Å². The summed E-state index contributed by atoms with van der Waals surface area (Å²) < 4.78 is 25.4. The molecule has 0 amide bonds. The summed E-state index contributed by atoms with van der Waals surface area (Å²) in [5.41, 5.74) is 3.46. The Hall–Kier alpha value is -1.28. The molecule has 2 heterocycles. The monoisotopic (exact) mass is 379 g/mol. The quantitative estimate of drug-likeness (QED) is 0.838. The minimum atomic E-state index is -3.15. The summed E-state index contributed by atoms with van der Waals surface area (Å²) in [7, 11) is -3.15. The van der Waals surface area contributed by atoms with Crippen LogP contribution in [0, 0.1) is 6.92 Å². The molecule has 1 N–H and O–H groups in total. The molecule has 0 spiro atoms. The molecule has 0 saturated carbocycles. The molecule has 3 rings (SSSR count). The summed E-state index contributed by atoms with van der Waals surface area (Å²) in [6.07, 6.45) is 4.55. The maximum Gasteiger partial charge on any atom is 0.208 e. The molecule has 25 heavy (non-hydrogen) atoms. The lowest BCUT2D eigenvalue weighted by molar-refractivity contribution is 0.140. The normalized spacial score (nSPS) is 19.2. The summed E-state index contributed by atoms with van der Waals surface area (Å²) in [5.74, 6) is 0. The second-order valence-electron chi connectivity index (χ2n) is 6.75. The van der Waals surface area contributed by atoms with E-state index >= 15 is 0 Å². The van der Waals surface area contributed by atoms with Gasteiger partial charge in [0.25, 0.3) is 0 Å². The number of aromatic nitrogens is 1. The van der Waals surface area contributed by atoms with Crippen molar-refractivity contribution in [2.45, 2.75) is 38.8 Å². The zero-order valence-corrected chi connectivity index (χ0v) is 16.4. The first-order chi connectivity index (χ1) is 11.9. The van der Waals surface area contributed by atoms with E-state index in [1.54, 1.807) is 11.3 Å². The van der Waals surface area contributed by atoms with Crippen molar-refractivity contribution in [1.82, 2.24) is 14.6 Å². The second kappa shape index (κ2) is 7.95. The minimum Gasteiger partial charge on any atom is -0.293 e. The lowest BCUT2D eigenvalue weighted by Gasteiger charge is -2.35. The first-order valence-electron chi connectivity index (χ1n) is 8.61. The van der Waals surface area contributed by atoms with Crippen LogP contribution in [0.25, 0.3) is 10.6 Å². The molecule has 2 aromatic rings. The van der Waals surface area contributed by atoms with Gasteiger partial charge in [0.05, 0.1) is 11.9 Å². The van der Waals surface area contributed by atoms with Gasteiger partial charge in [-0.1, -0.05) is 36.2 Å². The molecule has 1 aliphatic rings. The van der Waals surface area contributed by atoms with Gasteiger partial charge in [-0.15, -0.1) is 11.3 Å². The summed E-state index contributed by atoms with van der Waals surface area (Å²) >= 11 is 1.67. The minimum absolute atomic E-state index is 0.244. The highest BCUT2D eigenvalue weighted by atomic mass is 32.2. The van der Waals surface area contributed by atoms with Gasteiger partial charge >= 0.3 is 0 Å². The molecule has 1 atom stereocenters. The molecule has 0 aliphatic carbocycles. The number of nitrogens with zero attached hydrogens (tertiary/aromatic N) is 2. The number of likely N-dealkylation sites (tertiary alicyclic amines) is 1. The van der Waals surface area contributed by atoms with Crippen LogP contribution in [0.2, 0.25) is 0 Å². The highest BCUT2D eigenvalue weighted by Crippen LogP contribution is 2.26. The number of aryl methyl sites for hydroxylation is 1. The van der Waals surface area contributed by atoms with Gasteiger partial charge < -0.3 is 0 Å². The SMILES string of the molecule is Cc1ccc(-c2nc(CN3CCCCC3CNS(C)(=O)=O)cs2)cc1. The fraction of sp³-hybridized carbons (Fsp3) is 0.500. The van der Waals surface area contributed by atoms with Crippen molar-refractivity contribution in [3.63, 3.8) is 0 Å². The standard InChI is InChI=1S/C18H25N3O2S2/c1-14-6-8-15(9-7-14)18-20-16(13-24-18)12-21-10-4-3-5-17(21)11-19-25(2,22)23/h6-9,13,17,19H,3-5,10-12H2,1-2H3. The fourth-order valence-electron chi connectivity index (χ4n) is 3.16. The van der Waals surface area contributed by atoms with Crippen molar-refractivity contribution in [3.05, 3.63) is 40.9 Å². The Balaban J connectivity index is 1.66. The summed E-state index contributed by atoms with van der Waals surface area (Å²) in [4.78, 5) is 7.14. The molecule has 1 fully saturated rings. The van der Waals surface area contributed by atoms with Crippen LogP contribution in [0.3, 0.4) is 0 Å². The average molecular weight is 380 g/mol. The highest BCUT2D eigenvalue weighted by Gasteiger charge is 2.24. The predicted octanol–water partition coefficient (Wildman–Crippen LogP) is 3.02. The first-order valence-corrected chi connectivity index (χ1v) is 11.4. The third kappa shape index (κ3) is 5.34. The lowest BCUT2D eigenvalue weighted by Crippen LogP contribution is -2.46. The van der Waals surface area contributed by atoms with Crippen molar-refractivity contribution >= 4 is 21.4 Å². The van der Waals surface area contributed by atoms with E-state index in [1.807, 2.05) is 0 Å². The van der Waals surface area contributed by atoms with E-state index in [0.717, 1.165) is 48.6 Å². The Morgan fingerprint density at radius 1 is 1.28 bits per heavy atom. The van der Waals surface area contributed by atoms with Gasteiger partial charge in [0.1, 0.15) is 5.01 Å². The molecule has 1 saturated heterocycles. The molecule has 1 aliphatic heterocycles. The summed E-state index contributed by atoms with van der Waals surface area (Å²) in [6.45, 7) is 4.33. The van der Waals surface area contributed by atoms with Crippen LogP contribution in [-0.4, -0.2) is 43.7 Å². The van der Waals surface area contributed by atoms with E-state index < -0.39 is 10.0 Å². The van der Waals surface area contributed by atoms with Crippen molar-refractivity contribution in [3.8, 4) is 10.6 Å². The first kappa shape index (κ1) is 18.5. The number of thiazole rings is 1. The molecule has 0 radical (unpaired) electrons. The van der Waals surface area contributed by atoms with Gasteiger partial charge in [-0.2, -0.15) is 0 Å². The fourth-order valence-corrected chi connectivity index (χ4v) is 4.48. The van der Waals surface area contributed by atoms with E-state index in [4.69, 9.17) is 4.98 Å². The summed E-state index contributed by atoms with van der Waals surface area (Å²) in [6, 6.07) is 8.67. The number of hydrogen-bond acceptors (Lipinski definition) is 5. The Kier molecular flexibility index (Phi) is 5.89. The summed E-state index contributed by atoms with van der Waals surface area (Å²) in [5, 5.41) is 3.16. The van der Waals surface area contributed by atoms with Gasteiger partial charge in [-0.3, -0.25) is 4.90 Å². The van der Waals surface area contributed by atoms with Crippen LogP contribution in [-0.2, 0) is 16.6 Å². The smallest absolute Gasteiger partial charge is 0.208 e. The largest absolute Gasteiger partial charge is 0.293 e. The lowest BCUT2D eigenvalue weighted by atomic mass is 10.0. The molecule has 0 bridgehead atoms. The molecule has 1 aromatic heterocycles. The van der Waals surface area contributed by atoms with Gasteiger partial charge in [0, 0.05) is 30.1 Å². The number of hydrogen-bond donors (Lipinski definition) is 1. The Morgan fingerprint density at radius 3 is 2.76 bits per heavy atom. The van der Waals surface area contributed by atoms with Crippen LogP contribution in [0.5, 0.6) is 0 Å². The maximum atomic E-state index is 11.4. The third-order valence-corrected chi connectivity index (χ3v) is 6.18. The van der Waals surface area contributed by atoms with Gasteiger partial charge in [-0.05, 0) is 26.3 Å². The van der Waals surface area contributed by atoms with Gasteiger partial charge in [0.15, 0.2) is 0 Å². The molecule has 5 nitrogen and oxygen atoms in total. The molecule has 1 aromatic carbocycles. The number of nitrogens with one attached hydrogen (secondary N) is 1. The zero-order chi connectivity index (χ0) is 17.9. The zero-order valence-electron chi connectivity index (χ0n) is 14.7. The number of sulfonamides is 1. The van der Waals surface area contributed by atoms with E-state index in [0.29, 0.717) is 6.54 Å². The molecule has 1 unspecified atom stereocenters. The second-order valence-corrected chi connectivity index (χ2v) is 9.44. The molecular formula is C18H25N3O2S2. The number of benzene rings is 1. The van der Waals surface area contributed by atoms with Crippen molar-refractivity contribution in [1.29, 1.82) is 0 Å². The van der Waals surface area contributed by atoms with Crippen LogP contribution in [0.4, 0.5) is 0 Å². The Morgan fingerprint density at radius 2 is 2.04 bits per heavy atom. The Labute approximate surface area is 154 Å². The number of rotatable bonds is 6. The van der Waals surface area contributed by atoms with Gasteiger partial charge in [0.2, 0.25) is 10.0 Å².